The van der Waals surface area contributed by atoms with Crippen LogP contribution in [0.5, 0.6) is 23.0 Å². The molecular weight excluding hydrogens is 552 g/mol. The molecule has 0 saturated heterocycles. The van der Waals surface area contributed by atoms with Crippen molar-refractivity contribution in [1.29, 1.82) is 0 Å². The second-order valence-corrected chi connectivity index (χ2v) is 10.1. The van der Waals surface area contributed by atoms with E-state index in [9.17, 15) is 14.4 Å². The standard InChI is InChI=1S/C12H15NO3.C11H15NO3.C5H10N2O2S/c1-12(2)7-8-5-4-6-9(10(8)16-12)15-11(14)13-3;1-8(2)14-9-6-4-5-7-10(9)15-11(13)12-3;1-4(10-3)7-9-5(8)6-2/h4-6H,7H2,1-3H3,(H,13,14);4-8H,1-3H3,(H,12,13);1-3H3,(H,6,8)/b;;7-4+. The molecule has 2 aromatic rings. The topological polar surface area (TPSA) is 146 Å². The number of para-hydroxylation sites is 3. The van der Waals surface area contributed by atoms with Crippen LogP contribution in [0.1, 0.15) is 40.2 Å². The zero-order chi connectivity index (χ0) is 31.0. The Bertz CT molecular complexity index is 1190. The van der Waals surface area contributed by atoms with Crippen molar-refractivity contribution in [3.63, 3.8) is 0 Å². The highest BCUT2D eigenvalue weighted by Gasteiger charge is 2.32. The Morgan fingerprint density at radius 2 is 1.41 bits per heavy atom. The van der Waals surface area contributed by atoms with Crippen molar-refractivity contribution in [3.05, 3.63) is 48.0 Å². The third-order valence-corrected chi connectivity index (χ3v) is 5.50. The summed E-state index contributed by atoms with van der Waals surface area (Å²) in [6.45, 7) is 9.61. The number of carbonyl (C=O) groups excluding carboxylic acids is 3. The average Bonchev–Trinajstić information content (AvgIpc) is 3.27. The summed E-state index contributed by atoms with van der Waals surface area (Å²) in [4.78, 5) is 36.9. The molecule has 0 saturated carbocycles. The van der Waals surface area contributed by atoms with Crippen molar-refractivity contribution in [1.82, 2.24) is 16.0 Å². The van der Waals surface area contributed by atoms with Crippen molar-refractivity contribution in [2.24, 2.45) is 5.16 Å². The molecule has 3 N–H and O–H groups in total. The van der Waals surface area contributed by atoms with Gasteiger partial charge in [0, 0.05) is 33.1 Å². The minimum absolute atomic E-state index is 0.0411. The number of hydrogen-bond acceptors (Lipinski definition) is 10. The van der Waals surface area contributed by atoms with Crippen LogP contribution in [0, 0.1) is 0 Å². The molecule has 12 nitrogen and oxygen atoms in total. The van der Waals surface area contributed by atoms with Crippen molar-refractivity contribution < 1.29 is 38.2 Å². The number of nitrogens with one attached hydrogen (secondary N) is 3. The normalized spacial score (nSPS) is 12.6. The summed E-state index contributed by atoms with van der Waals surface area (Å²) in [6, 6.07) is 12.6. The van der Waals surface area contributed by atoms with E-state index in [1.54, 1.807) is 31.2 Å². The van der Waals surface area contributed by atoms with E-state index in [0.717, 1.165) is 12.0 Å². The van der Waals surface area contributed by atoms with Gasteiger partial charge in [-0.2, -0.15) is 0 Å². The molecular formula is C28H40N4O8S. The Morgan fingerprint density at radius 3 is 1.95 bits per heavy atom. The zero-order valence-electron chi connectivity index (χ0n) is 24.9. The summed E-state index contributed by atoms with van der Waals surface area (Å²) in [7, 11) is 4.51. The lowest BCUT2D eigenvalue weighted by Gasteiger charge is -2.17. The Labute approximate surface area is 245 Å². The van der Waals surface area contributed by atoms with E-state index in [1.165, 1.54) is 32.9 Å². The Hall–Kier alpha value is -4.13. The number of carbonyl (C=O) groups is 3. The van der Waals surface area contributed by atoms with E-state index in [0.29, 0.717) is 28.0 Å². The molecule has 41 heavy (non-hydrogen) atoms. The Balaban J connectivity index is 0.000000317. The summed E-state index contributed by atoms with van der Waals surface area (Å²) < 4.78 is 21.4. The Morgan fingerprint density at radius 1 is 0.878 bits per heavy atom. The molecule has 226 valence electrons. The number of fused-ring (bicyclic) bond motifs is 1. The van der Waals surface area contributed by atoms with Gasteiger partial charge in [-0.25, -0.2) is 14.4 Å². The van der Waals surface area contributed by atoms with Crippen molar-refractivity contribution in [2.75, 3.05) is 27.4 Å². The van der Waals surface area contributed by atoms with E-state index >= 15 is 0 Å². The lowest BCUT2D eigenvalue weighted by Crippen LogP contribution is -2.25. The average molecular weight is 593 g/mol. The number of thioether (sulfide) groups is 1. The van der Waals surface area contributed by atoms with Crippen LogP contribution in [0.3, 0.4) is 0 Å². The lowest BCUT2D eigenvalue weighted by atomic mass is 10.0. The summed E-state index contributed by atoms with van der Waals surface area (Å²) in [5.41, 5.74) is 0.844. The molecule has 0 radical (unpaired) electrons. The van der Waals surface area contributed by atoms with Crippen LogP contribution in [0.15, 0.2) is 47.6 Å². The highest BCUT2D eigenvalue weighted by molar-refractivity contribution is 8.13. The molecule has 0 aliphatic carbocycles. The molecule has 0 spiro atoms. The Kier molecular flexibility index (Phi) is 14.9. The molecule has 3 amide bonds. The van der Waals surface area contributed by atoms with Crippen LogP contribution < -0.4 is 34.9 Å². The molecule has 0 aromatic heterocycles. The minimum Gasteiger partial charge on any atom is -0.487 e. The first kappa shape index (κ1) is 34.9. The van der Waals surface area contributed by atoms with Gasteiger partial charge < -0.3 is 34.9 Å². The van der Waals surface area contributed by atoms with Crippen molar-refractivity contribution in [2.45, 2.75) is 52.7 Å². The van der Waals surface area contributed by atoms with Crippen LogP contribution in [-0.2, 0) is 11.3 Å². The highest BCUT2D eigenvalue weighted by Crippen LogP contribution is 2.41. The number of nitrogens with zero attached hydrogens (tertiary/aromatic N) is 1. The van der Waals surface area contributed by atoms with Gasteiger partial charge >= 0.3 is 18.3 Å². The number of oxime groups is 1. The van der Waals surface area contributed by atoms with Gasteiger partial charge in [0.15, 0.2) is 23.0 Å². The van der Waals surface area contributed by atoms with E-state index in [-0.39, 0.29) is 11.7 Å². The van der Waals surface area contributed by atoms with E-state index in [2.05, 4.69) is 25.9 Å². The van der Waals surface area contributed by atoms with Gasteiger partial charge in [-0.3, -0.25) is 4.84 Å². The van der Waals surface area contributed by atoms with Gasteiger partial charge in [-0.1, -0.05) is 29.4 Å². The summed E-state index contributed by atoms with van der Waals surface area (Å²) in [5, 5.41) is 11.2. The highest BCUT2D eigenvalue weighted by atomic mass is 32.2. The van der Waals surface area contributed by atoms with Crippen LogP contribution >= 0.6 is 11.8 Å². The monoisotopic (exact) mass is 592 g/mol. The molecule has 0 bridgehead atoms. The number of rotatable bonds is 5. The SMILES string of the molecule is CNC(=O)O/N=C(\C)SC.CNC(=O)Oc1cccc2c1OC(C)(C)C2.CNC(=O)Oc1ccccc1OC(C)C. The summed E-state index contributed by atoms with van der Waals surface area (Å²) >= 11 is 1.42. The van der Waals surface area contributed by atoms with E-state index < -0.39 is 18.3 Å². The minimum atomic E-state index is -0.548. The number of benzene rings is 2. The van der Waals surface area contributed by atoms with Crippen LogP contribution in [-0.4, -0.2) is 62.4 Å². The molecule has 13 heteroatoms. The fourth-order valence-corrected chi connectivity index (χ4v) is 3.16. The summed E-state index contributed by atoms with van der Waals surface area (Å²) in [5.74, 6) is 2.14. The first-order valence-electron chi connectivity index (χ1n) is 12.7. The fourth-order valence-electron chi connectivity index (χ4n) is 3.04. The summed E-state index contributed by atoms with van der Waals surface area (Å²) in [6.07, 6.45) is 1.18. The van der Waals surface area contributed by atoms with Gasteiger partial charge in [0.1, 0.15) is 10.6 Å². The van der Waals surface area contributed by atoms with Crippen LogP contribution in [0.25, 0.3) is 0 Å². The maximum absolute atomic E-state index is 11.2. The van der Waals surface area contributed by atoms with Gasteiger partial charge in [0.05, 0.1) is 6.10 Å². The van der Waals surface area contributed by atoms with Crippen LogP contribution in [0.2, 0.25) is 0 Å². The molecule has 3 rings (SSSR count). The quantitative estimate of drug-likeness (QED) is 0.181. The zero-order valence-corrected chi connectivity index (χ0v) is 25.8. The fraction of sp³-hybridized carbons (Fsp3) is 0.429. The third-order valence-electron chi connectivity index (χ3n) is 4.84. The van der Waals surface area contributed by atoms with Gasteiger partial charge in [0.2, 0.25) is 0 Å². The molecule has 1 aliphatic heterocycles. The molecule has 2 aromatic carbocycles. The predicted octanol–water partition coefficient (Wildman–Crippen LogP) is 5.35. The lowest BCUT2D eigenvalue weighted by molar-refractivity contribution is 0.133. The maximum Gasteiger partial charge on any atom is 0.433 e. The second-order valence-electron chi connectivity index (χ2n) is 9.12. The maximum atomic E-state index is 11.2. The van der Waals surface area contributed by atoms with E-state index in [1.807, 2.05) is 52.1 Å². The van der Waals surface area contributed by atoms with Gasteiger partial charge in [-0.15, -0.1) is 11.8 Å². The number of ether oxygens (including phenoxy) is 4. The number of amides is 3. The van der Waals surface area contributed by atoms with E-state index in [4.69, 9.17) is 18.9 Å². The predicted molar refractivity (Wildman–Crippen MR) is 159 cm³/mol. The first-order valence-corrected chi connectivity index (χ1v) is 13.9. The number of hydrogen-bond donors (Lipinski definition) is 3. The molecule has 1 aliphatic rings. The third kappa shape index (κ3) is 13.2. The van der Waals surface area contributed by atoms with Gasteiger partial charge in [0.25, 0.3) is 0 Å². The van der Waals surface area contributed by atoms with Crippen molar-refractivity contribution in [3.8, 4) is 23.0 Å². The molecule has 0 unspecified atom stereocenters. The smallest absolute Gasteiger partial charge is 0.433 e. The molecule has 0 atom stereocenters. The van der Waals surface area contributed by atoms with Gasteiger partial charge in [-0.05, 0) is 59.1 Å². The second kappa shape index (κ2) is 17.5. The first-order chi connectivity index (χ1) is 19.3. The van der Waals surface area contributed by atoms with Crippen LogP contribution in [0.4, 0.5) is 14.4 Å². The molecule has 1 heterocycles. The largest absolute Gasteiger partial charge is 0.487 e. The van der Waals surface area contributed by atoms with Crippen molar-refractivity contribution >= 4 is 35.1 Å². The molecule has 0 fully saturated rings.